The van der Waals surface area contributed by atoms with Crippen LogP contribution in [0.5, 0.6) is 0 Å². The van der Waals surface area contributed by atoms with Crippen LogP contribution in [-0.2, 0) is 28.9 Å². The lowest BCUT2D eigenvalue weighted by Crippen LogP contribution is -2.61. The van der Waals surface area contributed by atoms with Gasteiger partial charge < -0.3 is 40.3 Å². The van der Waals surface area contributed by atoms with Crippen molar-refractivity contribution >= 4 is 16.3 Å². The predicted molar refractivity (Wildman–Crippen MR) is 265 cm³/mol. The van der Waals surface area contributed by atoms with Crippen LogP contribution in [0.25, 0.3) is 0 Å². The van der Waals surface area contributed by atoms with Gasteiger partial charge in [0.05, 0.1) is 25.4 Å². The van der Waals surface area contributed by atoms with Crippen LogP contribution in [0.2, 0.25) is 0 Å². The van der Waals surface area contributed by atoms with E-state index in [-0.39, 0.29) is 6.42 Å². The fourth-order valence-corrected chi connectivity index (χ4v) is 8.53. The molecule has 1 heterocycles. The van der Waals surface area contributed by atoms with Crippen LogP contribution in [-0.4, -0.2) is 107 Å². The van der Waals surface area contributed by atoms with E-state index in [1.807, 2.05) is 0 Å². The molecule has 8 unspecified atom stereocenters. The van der Waals surface area contributed by atoms with E-state index in [9.17, 15) is 43.3 Å². The van der Waals surface area contributed by atoms with Gasteiger partial charge in [-0.15, -0.1) is 0 Å². The number of carbonyl (C=O) groups is 1. The molecule has 0 aromatic carbocycles. The van der Waals surface area contributed by atoms with E-state index in [1.165, 1.54) is 115 Å². The Balaban J connectivity index is 2.54. The number of amides is 1. The molecule has 1 fully saturated rings. The number of aliphatic hydroxyl groups excluding tert-OH is 5. The largest absolute Gasteiger partial charge is 0.397 e. The Hall–Kier alpha value is -1.98. The molecule has 1 saturated heterocycles. The van der Waals surface area contributed by atoms with Crippen LogP contribution in [0.15, 0.2) is 48.6 Å². The summed E-state index contributed by atoms with van der Waals surface area (Å²) in [5.74, 6) is -0.721. The first-order valence-electron chi connectivity index (χ1n) is 26.1. The summed E-state index contributed by atoms with van der Waals surface area (Å²) in [4.78, 5) is 13.2. The monoisotopic (exact) mass is 958 g/mol. The molecule has 14 heteroatoms. The average molecular weight is 958 g/mol. The second-order valence-corrected chi connectivity index (χ2v) is 19.3. The maximum atomic E-state index is 13.2. The molecule has 1 aliphatic rings. The molecule has 1 aliphatic heterocycles. The first-order valence-corrected chi connectivity index (χ1v) is 27.5. The number of allylic oxidation sites excluding steroid dienone is 7. The zero-order valence-corrected chi connectivity index (χ0v) is 41.9. The SMILES string of the molecule is CCCCCCCCC/C=C/CC/C=C/CC/C=C/C(O)C(COC1OC(CO)C(O)C(OS(=O)(=O)O)C1O)NC(=O)C(O)CCCCCCCC/C=C\CCCCCCCCCCCC. The Kier molecular flexibility index (Phi) is 39.4. The third-order valence-corrected chi connectivity index (χ3v) is 12.6. The van der Waals surface area contributed by atoms with Gasteiger partial charge in [-0.1, -0.05) is 191 Å². The molecule has 0 saturated carbocycles. The summed E-state index contributed by atoms with van der Waals surface area (Å²) >= 11 is 0. The maximum Gasteiger partial charge on any atom is 0.397 e. The van der Waals surface area contributed by atoms with Gasteiger partial charge in [0.1, 0.15) is 30.5 Å². The topological polar surface area (TPSA) is 212 Å². The smallest absolute Gasteiger partial charge is 0.394 e. The predicted octanol–water partition coefficient (Wildman–Crippen LogP) is 10.2. The highest BCUT2D eigenvalue weighted by Crippen LogP contribution is 2.26. The second-order valence-electron chi connectivity index (χ2n) is 18.2. The van der Waals surface area contributed by atoms with Gasteiger partial charge in [0.2, 0.25) is 5.91 Å². The van der Waals surface area contributed by atoms with E-state index in [0.717, 1.165) is 70.6 Å². The van der Waals surface area contributed by atoms with E-state index < -0.39 is 78.5 Å². The van der Waals surface area contributed by atoms with Crippen LogP contribution < -0.4 is 5.32 Å². The molecule has 66 heavy (non-hydrogen) atoms. The Morgan fingerprint density at radius 2 is 1.02 bits per heavy atom. The van der Waals surface area contributed by atoms with Crippen molar-refractivity contribution in [2.24, 2.45) is 0 Å². The van der Waals surface area contributed by atoms with Gasteiger partial charge >= 0.3 is 10.4 Å². The number of hydrogen-bond donors (Lipinski definition) is 7. The van der Waals surface area contributed by atoms with Crippen molar-refractivity contribution in [2.75, 3.05) is 13.2 Å². The van der Waals surface area contributed by atoms with E-state index in [0.29, 0.717) is 12.8 Å². The maximum absolute atomic E-state index is 13.2. The Labute approximate surface area is 400 Å². The quantitative estimate of drug-likeness (QED) is 0.0173. The number of aliphatic hydroxyl groups is 5. The number of unbranched alkanes of at least 4 members (excludes halogenated alkanes) is 25. The highest BCUT2D eigenvalue weighted by Gasteiger charge is 2.48. The molecule has 0 aromatic heterocycles. The molecular weight excluding hydrogens is 863 g/mol. The highest BCUT2D eigenvalue weighted by atomic mass is 32.3. The van der Waals surface area contributed by atoms with Gasteiger partial charge in [-0.05, 0) is 70.6 Å². The summed E-state index contributed by atoms with van der Waals surface area (Å²) < 4.78 is 47.6. The van der Waals surface area contributed by atoms with Gasteiger partial charge in [0.15, 0.2) is 6.29 Å². The van der Waals surface area contributed by atoms with Crippen molar-refractivity contribution in [3.8, 4) is 0 Å². The first-order chi connectivity index (χ1) is 31.9. The van der Waals surface area contributed by atoms with E-state index in [4.69, 9.17) is 9.47 Å². The molecule has 1 rings (SSSR count). The number of ether oxygens (including phenoxy) is 2. The fourth-order valence-electron chi connectivity index (χ4n) is 8.02. The molecule has 0 bridgehead atoms. The minimum absolute atomic E-state index is 0.226. The fraction of sp³-hybridized carbons (Fsp3) is 0.827. The lowest BCUT2D eigenvalue weighted by Gasteiger charge is -2.41. The molecular formula is C52H95NO12S. The summed E-state index contributed by atoms with van der Waals surface area (Å²) in [6.45, 7) is 3.20. The van der Waals surface area contributed by atoms with E-state index in [2.05, 4.69) is 59.8 Å². The van der Waals surface area contributed by atoms with Gasteiger partial charge in [-0.3, -0.25) is 9.35 Å². The van der Waals surface area contributed by atoms with E-state index >= 15 is 0 Å². The van der Waals surface area contributed by atoms with Gasteiger partial charge in [0, 0.05) is 0 Å². The molecule has 1 amide bonds. The van der Waals surface area contributed by atoms with Crippen molar-refractivity contribution in [1.29, 1.82) is 0 Å². The standard InChI is InChI=1S/C52H95NO12S/c1-3-5-7-9-11-13-15-17-19-21-22-23-25-27-29-31-33-35-37-39-41-46(56)51(59)53-44(43-63-52-49(58)50(65-66(60,61)62)48(57)47(42-54)64-52)45(55)40-38-36-34-32-30-28-26-24-20-18-16-14-12-10-8-6-4-2/h20,23-25,30,32,38,40,44-50,52,54-58H,3-19,21-22,26-29,31,33-37,39,41-43H2,1-2H3,(H,53,59)(H,60,61,62)/b24-20+,25-23-,32-30+,40-38+. The third kappa shape index (κ3) is 33.5. The van der Waals surface area contributed by atoms with Crippen LogP contribution in [0.3, 0.4) is 0 Å². The summed E-state index contributed by atoms with van der Waals surface area (Å²) in [5.41, 5.74) is 0. The Morgan fingerprint density at radius 3 is 1.45 bits per heavy atom. The van der Waals surface area contributed by atoms with Crippen molar-refractivity contribution in [3.63, 3.8) is 0 Å². The molecule has 7 N–H and O–H groups in total. The number of rotatable bonds is 44. The molecule has 0 aromatic rings. The van der Waals surface area contributed by atoms with Crippen LogP contribution in [0.4, 0.5) is 0 Å². The van der Waals surface area contributed by atoms with Crippen molar-refractivity contribution < 1.29 is 57.0 Å². The van der Waals surface area contributed by atoms with Crippen LogP contribution in [0.1, 0.15) is 213 Å². The lowest BCUT2D eigenvalue weighted by atomic mass is 9.99. The Bertz CT molecular complexity index is 1370. The highest BCUT2D eigenvalue weighted by molar-refractivity contribution is 7.80. The Morgan fingerprint density at radius 1 is 0.606 bits per heavy atom. The van der Waals surface area contributed by atoms with Crippen LogP contribution in [0, 0.1) is 0 Å². The number of nitrogens with one attached hydrogen (secondary N) is 1. The lowest BCUT2D eigenvalue weighted by molar-refractivity contribution is -0.298. The zero-order chi connectivity index (χ0) is 48.5. The minimum atomic E-state index is -5.13. The normalized spacial score (nSPS) is 20.9. The molecule has 0 aliphatic carbocycles. The van der Waals surface area contributed by atoms with E-state index in [1.54, 1.807) is 6.08 Å². The molecule has 8 atom stereocenters. The average Bonchev–Trinajstić information content (AvgIpc) is 3.29. The zero-order valence-electron chi connectivity index (χ0n) is 41.1. The summed E-state index contributed by atoms with van der Waals surface area (Å²) in [6.07, 6.45) is 40.5. The van der Waals surface area contributed by atoms with Gasteiger partial charge in [-0.25, -0.2) is 4.18 Å². The third-order valence-electron chi connectivity index (χ3n) is 12.2. The minimum Gasteiger partial charge on any atom is -0.394 e. The first kappa shape index (κ1) is 62.0. The number of carbonyl (C=O) groups excluding carboxylic acids is 1. The second kappa shape index (κ2) is 41.9. The van der Waals surface area contributed by atoms with Crippen molar-refractivity contribution in [2.45, 2.75) is 262 Å². The molecule has 0 radical (unpaired) electrons. The molecule has 386 valence electrons. The summed E-state index contributed by atoms with van der Waals surface area (Å²) in [6, 6.07) is -1.15. The molecule has 13 nitrogen and oxygen atoms in total. The summed E-state index contributed by atoms with van der Waals surface area (Å²) in [7, 11) is -5.13. The summed E-state index contributed by atoms with van der Waals surface area (Å²) in [5, 5.41) is 55.3. The van der Waals surface area contributed by atoms with Crippen molar-refractivity contribution in [3.05, 3.63) is 48.6 Å². The van der Waals surface area contributed by atoms with Crippen molar-refractivity contribution in [1.82, 2.24) is 5.32 Å². The van der Waals surface area contributed by atoms with Gasteiger partial charge in [0.25, 0.3) is 0 Å². The van der Waals surface area contributed by atoms with Crippen LogP contribution >= 0.6 is 0 Å². The van der Waals surface area contributed by atoms with Gasteiger partial charge in [-0.2, -0.15) is 8.42 Å². The number of hydrogen-bond acceptors (Lipinski definition) is 11. The molecule has 0 spiro atoms.